The maximum atomic E-state index is 5.98. The number of hydrazone groups is 1. The van der Waals surface area contributed by atoms with Crippen LogP contribution < -0.4 is 10.2 Å². The minimum Gasteiger partial charge on any atom is -0.497 e. The van der Waals surface area contributed by atoms with Gasteiger partial charge in [-0.15, -0.1) is 0 Å². The van der Waals surface area contributed by atoms with Gasteiger partial charge in [0.25, 0.3) is 0 Å². The molecule has 1 aromatic rings. The summed E-state index contributed by atoms with van der Waals surface area (Å²) in [7, 11) is 1.58. The summed E-state index contributed by atoms with van der Waals surface area (Å²) in [5.74, 6) is 0.705. The molecule has 0 aromatic heterocycles. The number of nitrogens with one attached hydrogen (secondary N) is 1. The lowest BCUT2D eigenvalue weighted by molar-refractivity contribution is 0.415. The highest BCUT2D eigenvalue weighted by molar-refractivity contribution is 6.66. The van der Waals surface area contributed by atoms with Gasteiger partial charge in [0.2, 0.25) is 0 Å². The standard InChI is InChI=1S/C12H8Cl4N2O/c1-19-7-4-2-3-6(5-7)17-18-12-10(15)8(13)9(14)11(12)16/h2-5,17H,1H3. The summed E-state index contributed by atoms with van der Waals surface area (Å²) < 4.78 is 5.10. The summed E-state index contributed by atoms with van der Waals surface area (Å²) in [4.78, 5) is 0. The predicted octanol–water partition coefficient (Wildman–Crippen LogP) is 4.86. The van der Waals surface area contributed by atoms with Gasteiger partial charge in [0.05, 0.1) is 32.9 Å². The second-order valence-electron chi connectivity index (χ2n) is 3.56. The Balaban J connectivity index is 2.24. The van der Waals surface area contributed by atoms with Crippen molar-refractivity contribution in [3.8, 4) is 5.75 Å². The highest BCUT2D eigenvalue weighted by Gasteiger charge is 2.26. The van der Waals surface area contributed by atoms with E-state index in [9.17, 15) is 0 Å². The third-order valence-corrected chi connectivity index (χ3v) is 4.14. The Kier molecular flexibility index (Phi) is 4.63. The molecule has 1 aliphatic carbocycles. The molecule has 19 heavy (non-hydrogen) atoms. The number of anilines is 1. The van der Waals surface area contributed by atoms with E-state index in [4.69, 9.17) is 51.1 Å². The third kappa shape index (κ3) is 3.00. The molecule has 0 bridgehead atoms. The van der Waals surface area contributed by atoms with E-state index in [1.165, 1.54) is 0 Å². The normalized spacial score (nSPS) is 15.1. The SMILES string of the molecule is COc1cccc(NN=C2C(Cl)=C(Cl)C(Cl)=C2Cl)c1. The fourth-order valence-corrected chi connectivity index (χ4v) is 2.38. The van der Waals surface area contributed by atoms with Crippen molar-refractivity contribution in [1.82, 2.24) is 0 Å². The Morgan fingerprint density at radius 2 is 1.63 bits per heavy atom. The Morgan fingerprint density at radius 3 is 2.21 bits per heavy atom. The average molecular weight is 338 g/mol. The van der Waals surface area contributed by atoms with Gasteiger partial charge in [0.1, 0.15) is 11.5 Å². The molecule has 0 heterocycles. The van der Waals surface area contributed by atoms with Crippen molar-refractivity contribution in [3.05, 3.63) is 44.4 Å². The fraction of sp³-hybridized carbons (Fsp3) is 0.0833. The lowest BCUT2D eigenvalue weighted by Crippen LogP contribution is -2.00. The summed E-state index contributed by atoms with van der Waals surface area (Å²) in [6, 6.07) is 7.24. The number of rotatable bonds is 3. The number of nitrogens with zero attached hydrogens (tertiary/aromatic N) is 1. The summed E-state index contributed by atoms with van der Waals surface area (Å²) in [6.07, 6.45) is 0. The number of hydrogen-bond donors (Lipinski definition) is 1. The molecule has 0 radical (unpaired) electrons. The average Bonchev–Trinajstić information content (AvgIpc) is 2.62. The molecule has 0 fully saturated rings. The van der Waals surface area contributed by atoms with Crippen LogP contribution in [-0.2, 0) is 0 Å². The first kappa shape index (κ1) is 14.5. The van der Waals surface area contributed by atoms with E-state index in [-0.39, 0.29) is 20.1 Å². The highest BCUT2D eigenvalue weighted by atomic mass is 35.5. The van der Waals surface area contributed by atoms with Gasteiger partial charge in [0.15, 0.2) is 0 Å². The van der Waals surface area contributed by atoms with Crippen LogP contribution in [0, 0.1) is 0 Å². The van der Waals surface area contributed by atoms with Crippen molar-refractivity contribution in [2.45, 2.75) is 0 Å². The summed E-state index contributed by atoms with van der Waals surface area (Å²) >= 11 is 23.7. The van der Waals surface area contributed by atoms with Crippen molar-refractivity contribution in [3.63, 3.8) is 0 Å². The number of halogens is 4. The molecule has 0 unspecified atom stereocenters. The first-order chi connectivity index (χ1) is 9.04. The molecule has 0 spiro atoms. The Hall–Kier alpha value is -0.870. The van der Waals surface area contributed by atoms with E-state index in [0.29, 0.717) is 11.5 Å². The van der Waals surface area contributed by atoms with Gasteiger partial charge in [-0.05, 0) is 12.1 Å². The van der Waals surface area contributed by atoms with E-state index < -0.39 is 0 Å². The van der Waals surface area contributed by atoms with E-state index >= 15 is 0 Å². The molecular weight excluding hydrogens is 330 g/mol. The third-order valence-electron chi connectivity index (χ3n) is 2.36. The molecule has 0 atom stereocenters. The molecule has 2 rings (SSSR count). The zero-order valence-electron chi connectivity index (χ0n) is 9.68. The maximum Gasteiger partial charge on any atom is 0.124 e. The molecule has 7 heteroatoms. The van der Waals surface area contributed by atoms with Crippen LogP contribution >= 0.6 is 46.4 Å². The number of hydrogen-bond acceptors (Lipinski definition) is 3. The van der Waals surface area contributed by atoms with Gasteiger partial charge in [0, 0.05) is 6.07 Å². The smallest absolute Gasteiger partial charge is 0.124 e. The minimum absolute atomic E-state index is 0.194. The van der Waals surface area contributed by atoms with Crippen molar-refractivity contribution < 1.29 is 4.74 Å². The van der Waals surface area contributed by atoms with Crippen LogP contribution in [0.15, 0.2) is 49.5 Å². The second-order valence-corrected chi connectivity index (χ2v) is 5.07. The van der Waals surface area contributed by atoms with Crippen molar-refractivity contribution >= 4 is 57.8 Å². The summed E-state index contributed by atoms with van der Waals surface area (Å²) in [6.45, 7) is 0. The number of benzene rings is 1. The van der Waals surface area contributed by atoms with E-state index in [2.05, 4.69) is 10.5 Å². The Bertz CT molecular complexity index is 582. The largest absolute Gasteiger partial charge is 0.497 e. The molecule has 0 saturated heterocycles. The van der Waals surface area contributed by atoms with Gasteiger partial charge in [-0.1, -0.05) is 52.5 Å². The fourth-order valence-electron chi connectivity index (χ4n) is 1.41. The predicted molar refractivity (Wildman–Crippen MR) is 81.5 cm³/mol. The zero-order valence-corrected chi connectivity index (χ0v) is 12.7. The molecule has 0 amide bonds. The molecule has 1 aromatic carbocycles. The van der Waals surface area contributed by atoms with Gasteiger partial charge in [-0.3, -0.25) is 5.43 Å². The molecule has 1 aliphatic rings. The van der Waals surface area contributed by atoms with Crippen LogP contribution in [0.2, 0.25) is 0 Å². The lowest BCUT2D eigenvalue weighted by Gasteiger charge is -2.05. The molecule has 3 nitrogen and oxygen atoms in total. The van der Waals surface area contributed by atoms with Gasteiger partial charge < -0.3 is 4.74 Å². The Morgan fingerprint density at radius 1 is 1.00 bits per heavy atom. The van der Waals surface area contributed by atoms with Gasteiger partial charge in [-0.25, -0.2) is 0 Å². The first-order valence-corrected chi connectivity index (χ1v) is 6.65. The summed E-state index contributed by atoms with van der Waals surface area (Å²) in [5, 5.41) is 4.91. The number of methoxy groups -OCH3 is 1. The first-order valence-electron chi connectivity index (χ1n) is 5.14. The molecule has 100 valence electrons. The van der Waals surface area contributed by atoms with E-state index in [1.54, 1.807) is 13.2 Å². The Labute approximate surface area is 130 Å². The van der Waals surface area contributed by atoms with Crippen LogP contribution in [0.1, 0.15) is 0 Å². The van der Waals surface area contributed by atoms with Crippen LogP contribution in [-0.4, -0.2) is 12.8 Å². The number of ether oxygens (including phenoxy) is 1. The maximum absolute atomic E-state index is 5.98. The molecule has 0 saturated carbocycles. The van der Waals surface area contributed by atoms with Crippen LogP contribution in [0.4, 0.5) is 5.69 Å². The number of allylic oxidation sites excluding steroid dienone is 4. The van der Waals surface area contributed by atoms with Gasteiger partial charge in [-0.2, -0.15) is 5.10 Å². The second kappa shape index (κ2) is 6.06. The highest BCUT2D eigenvalue weighted by Crippen LogP contribution is 2.39. The molecule has 1 N–H and O–H groups in total. The lowest BCUT2D eigenvalue weighted by atomic mass is 10.3. The van der Waals surface area contributed by atoms with Crippen LogP contribution in [0.3, 0.4) is 0 Å². The van der Waals surface area contributed by atoms with E-state index in [1.807, 2.05) is 18.2 Å². The van der Waals surface area contributed by atoms with Crippen LogP contribution in [0.25, 0.3) is 0 Å². The van der Waals surface area contributed by atoms with E-state index in [0.717, 1.165) is 5.69 Å². The minimum atomic E-state index is 0.194. The zero-order chi connectivity index (χ0) is 14.0. The van der Waals surface area contributed by atoms with Crippen molar-refractivity contribution in [1.29, 1.82) is 0 Å². The monoisotopic (exact) mass is 336 g/mol. The topological polar surface area (TPSA) is 33.6 Å². The van der Waals surface area contributed by atoms with Crippen LogP contribution in [0.5, 0.6) is 5.75 Å². The molecule has 0 aliphatic heterocycles. The summed E-state index contributed by atoms with van der Waals surface area (Å²) in [5.41, 5.74) is 3.85. The van der Waals surface area contributed by atoms with Crippen molar-refractivity contribution in [2.24, 2.45) is 5.10 Å². The molecular formula is C12H8Cl4N2O. The van der Waals surface area contributed by atoms with Gasteiger partial charge >= 0.3 is 0 Å². The quantitative estimate of drug-likeness (QED) is 0.799. The van der Waals surface area contributed by atoms with Crippen molar-refractivity contribution in [2.75, 3.05) is 12.5 Å².